The van der Waals surface area contributed by atoms with Crippen LogP contribution in [0.5, 0.6) is 0 Å². The molecule has 2 N–H and O–H groups in total. The molecular weight excluding hydrogens is 374 g/mol. The number of pyridine rings is 1. The minimum atomic E-state index is -1.41. The van der Waals surface area contributed by atoms with Crippen LogP contribution >= 0.6 is 0 Å². The second-order valence-electron chi connectivity index (χ2n) is 9.37. The van der Waals surface area contributed by atoms with Crippen molar-refractivity contribution in [3.05, 3.63) is 66.0 Å². The number of rotatable bonds is 7. The van der Waals surface area contributed by atoms with Crippen LogP contribution in [0, 0.1) is 23.7 Å². The van der Waals surface area contributed by atoms with Gasteiger partial charge < -0.3 is 10.4 Å². The standard InChI is InChI=1S/C25H31N3O2/c29-24(25(30,20-10-4-5-11-20)19-8-2-1-3-9-19)27-14-21-22-16-28(17-23(21)22)15-18-7-6-12-26-13-18/h1-3,6-9,12-13,20-23,30H,4-5,10-11,14-17H2,(H,27,29). The van der Waals surface area contributed by atoms with Crippen LogP contribution in [-0.2, 0) is 16.9 Å². The van der Waals surface area contributed by atoms with Gasteiger partial charge in [-0.25, -0.2) is 0 Å². The molecule has 5 heteroatoms. The van der Waals surface area contributed by atoms with Crippen molar-refractivity contribution < 1.29 is 9.90 Å². The molecule has 1 saturated heterocycles. The van der Waals surface area contributed by atoms with Crippen LogP contribution in [-0.4, -0.2) is 40.5 Å². The highest BCUT2D eigenvalue weighted by Crippen LogP contribution is 2.51. The maximum atomic E-state index is 13.2. The minimum absolute atomic E-state index is 0.00794. The number of carbonyl (C=O) groups is 1. The lowest BCUT2D eigenvalue weighted by molar-refractivity contribution is -0.147. The van der Waals surface area contributed by atoms with Gasteiger partial charge in [0.2, 0.25) is 0 Å². The first-order valence-corrected chi connectivity index (χ1v) is 11.3. The third-order valence-electron chi connectivity index (χ3n) is 7.58. The van der Waals surface area contributed by atoms with Crippen molar-refractivity contribution >= 4 is 5.91 Å². The Morgan fingerprint density at radius 3 is 2.50 bits per heavy atom. The number of nitrogens with one attached hydrogen (secondary N) is 1. The maximum Gasteiger partial charge on any atom is 0.256 e. The van der Waals surface area contributed by atoms with Crippen LogP contribution in [0.25, 0.3) is 0 Å². The minimum Gasteiger partial charge on any atom is -0.375 e. The lowest BCUT2D eigenvalue weighted by Gasteiger charge is -2.33. The molecular formula is C25H31N3O2. The molecule has 0 radical (unpaired) electrons. The number of amides is 1. The van der Waals surface area contributed by atoms with Gasteiger partial charge in [-0.05, 0) is 47.8 Å². The summed E-state index contributed by atoms with van der Waals surface area (Å²) in [7, 11) is 0. The molecule has 3 atom stereocenters. The first kappa shape index (κ1) is 19.7. The van der Waals surface area contributed by atoms with Crippen molar-refractivity contribution in [2.75, 3.05) is 19.6 Å². The molecule has 2 saturated carbocycles. The van der Waals surface area contributed by atoms with E-state index in [1.54, 1.807) is 0 Å². The number of nitrogens with zero attached hydrogens (tertiary/aromatic N) is 2. The predicted octanol–water partition coefficient (Wildman–Crippen LogP) is 2.95. The molecule has 30 heavy (non-hydrogen) atoms. The number of hydrogen-bond donors (Lipinski definition) is 2. The zero-order valence-electron chi connectivity index (χ0n) is 17.4. The molecule has 2 aromatic rings. The van der Waals surface area contributed by atoms with Gasteiger partial charge in [-0.2, -0.15) is 0 Å². The number of carbonyl (C=O) groups excluding carboxylic acids is 1. The number of aliphatic hydroxyl groups is 1. The number of likely N-dealkylation sites (tertiary alicyclic amines) is 1. The van der Waals surface area contributed by atoms with Crippen molar-refractivity contribution in [3.8, 4) is 0 Å². The molecule has 3 fully saturated rings. The lowest BCUT2D eigenvalue weighted by Crippen LogP contribution is -2.49. The van der Waals surface area contributed by atoms with E-state index in [-0.39, 0.29) is 11.8 Å². The topological polar surface area (TPSA) is 65.5 Å². The van der Waals surface area contributed by atoms with Gasteiger partial charge in [0, 0.05) is 44.5 Å². The predicted molar refractivity (Wildman–Crippen MR) is 115 cm³/mol. The van der Waals surface area contributed by atoms with Crippen LogP contribution in [0.2, 0.25) is 0 Å². The number of benzene rings is 1. The molecule has 1 aromatic carbocycles. The van der Waals surface area contributed by atoms with Gasteiger partial charge in [0.05, 0.1) is 0 Å². The summed E-state index contributed by atoms with van der Waals surface area (Å²) in [6.45, 7) is 3.81. The zero-order chi connectivity index (χ0) is 20.6. The third-order valence-corrected chi connectivity index (χ3v) is 7.58. The molecule has 2 aliphatic carbocycles. The van der Waals surface area contributed by atoms with Crippen LogP contribution < -0.4 is 5.32 Å². The Hall–Kier alpha value is -2.24. The second kappa shape index (κ2) is 8.12. The monoisotopic (exact) mass is 405 g/mol. The number of aromatic nitrogens is 1. The first-order chi connectivity index (χ1) is 14.7. The Balaban J connectivity index is 1.17. The van der Waals surface area contributed by atoms with E-state index in [2.05, 4.69) is 21.3 Å². The van der Waals surface area contributed by atoms with Crippen LogP contribution in [0.3, 0.4) is 0 Å². The molecule has 0 bridgehead atoms. The maximum absolute atomic E-state index is 13.2. The van der Waals surface area contributed by atoms with Gasteiger partial charge in [0.15, 0.2) is 5.60 Å². The fraction of sp³-hybridized carbons (Fsp3) is 0.520. The van der Waals surface area contributed by atoms with Crippen molar-refractivity contribution in [1.82, 2.24) is 15.2 Å². The quantitative estimate of drug-likeness (QED) is 0.743. The van der Waals surface area contributed by atoms with Gasteiger partial charge in [-0.1, -0.05) is 49.2 Å². The number of hydrogen-bond acceptors (Lipinski definition) is 4. The van der Waals surface area contributed by atoms with E-state index in [9.17, 15) is 9.90 Å². The molecule has 158 valence electrons. The van der Waals surface area contributed by atoms with Gasteiger partial charge >= 0.3 is 0 Å². The van der Waals surface area contributed by atoms with E-state index < -0.39 is 5.60 Å². The number of piperidine rings is 1. The van der Waals surface area contributed by atoms with Gasteiger partial charge in [0.25, 0.3) is 5.91 Å². The van der Waals surface area contributed by atoms with E-state index in [0.29, 0.717) is 24.3 Å². The van der Waals surface area contributed by atoms with Crippen molar-refractivity contribution in [1.29, 1.82) is 0 Å². The van der Waals surface area contributed by atoms with Crippen LogP contribution in [0.15, 0.2) is 54.9 Å². The Morgan fingerprint density at radius 1 is 1.10 bits per heavy atom. The molecule has 5 nitrogen and oxygen atoms in total. The Bertz CT molecular complexity index is 856. The molecule has 3 aliphatic rings. The van der Waals surface area contributed by atoms with Crippen molar-refractivity contribution in [2.45, 2.75) is 37.8 Å². The molecule has 1 aliphatic heterocycles. The second-order valence-corrected chi connectivity index (χ2v) is 9.37. The SMILES string of the molecule is O=C(NCC1C2CN(Cc3cccnc3)CC12)C(O)(c1ccccc1)C1CCCC1. The largest absolute Gasteiger partial charge is 0.375 e. The molecule has 3 unspecified atom stereocenters. The van der Waals surface area contributed by atoms with Crippen LogP contribution in [0.4, 0.5) is 0 Å². The third kappa shape index (κ3) is 3.65. The van der Waals surface area contributed by atoms with Crippen LogP contribution in [0.1, 0.15) is 36.8 Å². The van der Waals surface area contributed by atoms with Gasteiger partial charge in [-0.3, -0.25) is 14.7 Å². The summed E-state index contributed by atoms with van der Waals surface area (Å²) in [5.74, 6) is 1.67. The summed E-state index contributed by atoms with van der Waals surface area (Å²) in [4.78, 5) is 19.9. The summed E-state index contributed by atoms with van der Waals surface area (Å²) < 4.78 is 0. The van der Waals surface area contributed by atoms with E-state index >= 15 is 0 Å². The summed E-state index contributed by atoms with van der Waals surface area (Å²) in [6.07, 6.45) is 7.76. The average molecular weight is 406 g/mol. The summed E-state index contributed by atoms with van der Waals surface area (Å²) in [6, 6.07) is 13.6. The highest BCUT2D eigenvalue weighted by molar-refractivity contribution is 5.86. The smallest absolute Gasteiger partial charge is 0.256 e. The fourth-order valence-corrected chi connectivity index (χ4v) is 5.85. The molecule has 1 amide bonds. The van der Waals surface area contributed by atoms with Crippen molar-refractivity contribution in [2.24, 2.45) is 23.7 Å². The summed E-state index contributed by atoms with van der Waals surface area (Å²) >= 11 is 0. The zero-order valence-corrected chi connectivity index (χ0v) is 17.4. The van der Waals surface area contributed by atoms with E-state index in [0.717, 1.165) is 50.9 Å². The Kier molecular flexibility index (Phi) is 5.34. The van der Waals surface area contributed by atoms with Gasteiger partial charge in [0.1, 0.15) is 0 Å². The van der Waals surface area contributed by atoms with Crippen molar-refractivity contribution in [3.63, 3.8) is 0 Å². The van der Waals surface area contributed by atoms with E-state index in [4.69, 9.17) is 0 Å². The molecule has 2 heterocycles. The van der Waals surface area contributed by atoms with E-state index in [1.165, 1.54) is 5.56 Å². The molecule has 5 rings (SSSR count). The first-order valence-electron chi connectivity index (χ1n) is 11.3. The highest BCUT2D eigenvalue weighted by Gasteiger charge is 2.55. The summed E-state index contributed by atoms with van der Waals surface area (Å²) in [5, 5.41) is 14.7. The molecule has 1 aromatic heterocycles. The van der Waals surface area contributed by atoms with E-state index in [1.807, 2.05) is 48.8 Å². The van der Waals surface area contributed by atoms with Gasteiger partial charge in [-0.15, -0.1) is 0 Å². The Morgan fingerprint density at radius 2 is 1.83 bits per heavy atom. The fourth-order valence-electron chi connectivity index (χ4n) is 5.85. The summed E-state index contributed by atoms with van der Waals surface area (Å²) in [5.41, 5.74) is 0.579. The Labute approximate surface area is 178 Å². The average Bonchev–Trinajstić information content (AvgIpc) is 3.17. The normalized spacial score (nSPS) is 28.1. The number of fused-ring (bicyclic) bond motifs is 1. The highest BCUT2D eigenvalue weighted by atomic mass is 16.3. The lowest BCUT2D eigenvalue weighted by atomic mass is 9.79. The molecule has 0 spiro atoms.